The van der Waals surface area contributed by atoms with E-state index >= 15 is 0 Å². The van der Waals surface area contributed by atoms with E-state index in [4.69, 9.17) is 0 Å². The Morgan fingerprint density at radius 1 is 1.10 bits per heavy atom. The number of rotatable bonds is 5. The average molecular weight is 276 g/mol. The fraction of sp³-hybridized carbons (Fsp3) is 0.500. The highest BCUT2D eigenvalue weighted by Gasteiger charge is 2.21. The van der Waals surface area contributed by atoms with Gasteiger partial charge in [-0.15, -0.1) is 0 Å². The van der Waals surface area contributed by atoms with Crippen molar-refractivity contribution in [3.8, 4) is 0 Å². The Kier molecular flexibility index (Phi) is 5.74. The lowest BCUT2D eigenvalue weighted by atomic mass is 9.95. The number of hydrogen-bond acceptors (Lipinski definition) is 2. The Morgan fingerprint density at radius 3 is 2.20 bits per heavy atom. The molecule has 4 nitrogen and oxygen atoms in total. The highest BCUT2D eigenvalue weighted by atomic mass is 16.2. The largest absolute Gasteiger partial charge is 0.352 e. The molecule has 110 valence electrons. The lowest BCUT2D eigenvalue weighted by molar-refractivity contribution is -0.123. The van der Waals surface area contributed by atoms with Crippen molar-refractivity contribution in [1.29, 1.82) is 0 Å². The minimum Gasteiger partial charge on any atom is -0.352 e. The van der Waals surface area contributed by atoms with Gasteiger partial charge >= 0.3 is 0 Å². The third kappa shape index (κ3) is 5.03. The van der Waals surface area contributed by atoms with E-state index in [1.54, 1.807) is 24.3 Å². The lowest BCUT2D eigenvalue weighted by Crippen LogP contribution is -2.27. The molecule has 2 N–H and O–H groups in total. The maximum absolute atomic E-state index is 11.8. The van der Waals surface area contributed by atoms with Crippen LogP contribution in [0.2, 0.25) is 0 Å². The molecule has 0 aliphatic carbocycles. The Hall–Kier alpha value is -1.84. The van der Waals surface area contributed by atoms with Gasteiger partial charge in [-0.05, 0) is 30.7 Å². The molecule has 0 saturated carbocycles. The number of carbonyl (C=O) groups excluding carboxylic acids is 2. The molecule has 1 aromatic carbocycles. The molecule has 0 heterocycles. The van der Waals surface area contributed by atoms with Crippen molar-refractivity contribution in [1.82, 2.24) is 5.32 Å². The van der Waals surface area contributed by atoms with E-state index < -0.39 is 5.41 Å². The molecule has 0 aromatic heterocycles. The molecule has 0 bridgehead atoms. The number of hydrogen-bond donors (Lipinski definition) is 2. The lowest BCUT2D eigenvalue weighted by Gasteiger charge is -2.17. The molecule has 20 heavy (non-hydrogen) atoms. The summed E-state index contributed by atoms with van der Waals surface area (Å²) in [4.78, 5) is 23.7. The maximum atomic E-state index is 11.8. The van der Waals surface area contributed by atoms with Gasteiger partial charge in [0.25, 0.3) is 5.91 Å². The first-order chi connectivity index (χ1) is 9.34. The number of anilines is 1. The van der Waals surface area contributed by atoms with E-state index in [1.807, 2.05) is 20.8 Å². The molecule has 0 aliphatic rings. The summed E-state index contributed by atoms with van der Waals surface area (Å²) in [6, 6.07) is 6.94. The number of nitrogens with one attached hydrogen (secondary N) is 2. The Labute approximate surface area is 121 Å². The molecular weight excluding hydrogens is 252 g/mol. The zero-order valence-electron chi connectivity index (χ0n) is 12.7. The minimum atomic E-state index is -0.434. The quantitative estimate of drug-likeness (QED) is 0.811. The summed E-state index contributed by atoms with van der Waals surface area (Å²) in [5.74, 6) is -0.121. The summed E-state index contributed by atoms with van der Waals surface area (Å²) in [5, 5.41) is 5.69. The van der Waals surface area contributed by atoms with Gasteiger partial charge in [0.1, 0.15) is 0 Å². The number of unbranched alkanes of at least 4 members (excludes halogenated alkanes) is 1. The van der Waals surface area contributed by atoms with Crippen LogP contribution in [0.25, 0.3) is 0 Å². The van der Waals surface area contributed by atoms with Crippen LogP contribution in [0.4, 0.5) is 5.69 Å². The first-order valence-electron chi connectivity index (χ1n) is 7.04. The predicted octanol–water partition coefficient (Wildman–Crippen LogP) is 3.20. The molecule has 0 unspecified atom stereocenters. The Morgan fingerprint density at radius 2 is 1.70 bits per heavy atom. The topological polar surface area (TPSA) is 58.2 Å². The zero-order chi connectivity index (χ0) is 15.2. The molecule has 0 radical (unpaired) electrons. The second kappa shape index (κ2) is 7.08. The molecule has 4 heteroatoms. The number of carbonyl (C=O) groups is 2. The maximum Gasteiger partial charge on any atom is 0.251 e. The molecule has 0 saturated heterocycles. The van der Waals surface area contributed by atoms with Crippen LogP contribution in [0.15, 0.2) is 24.3 Å². The zero-order valence-corrected chi connectivity index (χ0v) is 12.7. The molecule has 1 rings (SSSR count). The van der Waals surface area contributed by atoms with Gasteiger partial charge in [0.15, 0.2) is 0 Å². The summed E-state index contributed by atoms with van der Waals surface area (Å²) in [7, 11) is 0. The Bertz CT molecular complexity index is 458. The monoisotopic (exact) mass is 276 g/mol. The second-order valence-electron chi connectivity index (χ2n) is 5.89. The van der Waals surface area contributed by atoms with Crippen molar-refractivity contribution in [3.63, 3.8) is 0 Å². The molecule has 0 fully saturated rings. The van der Waals surface area contributed by atoms with Gasteiger partial charge in [-0.3, -0.25) is 9.59 Å². The first kappa shape index (κ1) is 16.2. The minimum absolute atomic E-state index is 0.0438. The van der Waals surface area contributed by atoms with Crippen LogP contribution in [0, 0.1) is 5.41 Å². The molecule has 0 aliphatic heterocycles. The van der Waals surface area contributed by atoms with Gasteiger partial charge in [-0.25, -0.2) is 0 Å². The molecule has 2 amide bonds. The second-order valence-corrected chi connectivity index (χ2v) is 5.89. The van der Waals surface area contributed by atoms with Crippen LogP contribution in [0.1, 0.15) is 50.9 Å². The van der Waals surface area contributed by atoms with E-state index in [2.05, 4.69) is 17.6 Å². The molecule has 1 aromatic rings. The normalized spacial score (nSPS) is 11.0. The summed E-state index contributed by atoms with van der Waals surface area (Å²) in [6.07, 6.45) is 2.03. The fourth-order valence-corrected chi connectivity index (χ4v) is 1.50. The van der Waals surface area contributed by atoms with Crippen LogP contribution in [-0.4, -0.2) is 18.4 Å². The van der Waals surface area contributed by atoms with Crippen molar-refractivity contribution < 1.29 is 9.59 Å². The number of amides is 2. The van der Waals surface area contributed by atoms with Gasteiger partial charge in [0.2, 0.25) is 5.91 Å². The predicted molar refractivity (Wildman–Crippen MR) is 81.8 cm³/mol. The first-order valence-corrected chi connectivity index (χ1v) is 7.04. The molecular formula is C16H24N2O2. The average Bonchev–Trinajstić information content (AvgIpc) is 2.38. The SMILES string of the molecule is CCCCNC(=O)c1ccc(NC(=O)C(C)(C)C)cc1. The van der Waals surface area contributed by atoms with E-state index in [9.17, 15) is 9.59 Å². The van der Waals surface area contributed by atoms with Crippen molar-refractivity contribution >= 4 is 17.5 Å². The molecule has 0 spiro atoms. The van der Waals surface area contributed by atoms with Gasteiger partial charge in [-0.1, -0.05) is 34.1 Å². The standard InChI is InChI=1S/C16H24N2O2/c1-5-6-11-17-14(19)12-7-9-13(10-8-12)18-15(20)16(2,3)4/h7-10H,5-6,11H2,1-4H3,(H,17,19)(H,18,20). The van der Waals surface area contributed by atoms with Crippen LogP contribution in [0.5, 0.6) is 0 Å². The van der Waals surface area contributed by atoms with E-state index in [0.717, 1.165) is 12.8 Å². The highest BCUT2D eigenvalue weighted by molar-refractivity contribution is 5.97. The number of benzene rings is 1. The fourth-order valence-electron chi connectivity index (χ4n) is 1.50. The van der Waals surface area contributed by atoms with Gasteiger partial charge < -0.3 is 10.6 Å². The van der Waals surface area contributed by atoms with Crippen LogP contribution >= 0.6 is 0 Å². The summed E-state index contributed by atoms with van der Waals surface area (Å²) in [6.45, 7) is 8.35. The van der Waals surface area contributed by atoms with E-state index in [1.165, 1.54) is 0 Å². The summed E-state index contributed by atoms with van der Waals surface area (Å²) < 4.78 is 0. The van der Waals surface area contributed by atoms with E-state index in [-0.39, 0.29) is 11.8 Å². The van der Waals surface area contributed by atoms with Crippen LogP contribution in [-0.2, 0) is 4.79 Å². The van der Waals surface area contributed by atoms with Gasteiger partial charge in [0.05, 0.1) is 0 Å². The van der Waals surface area contributed by atoms with Gasteiger partial charge in [0, 0.05) is 23.2 Å². The summed E-state index contributed by atoms with van der Waals surface area (Å²) >= 11 is 0. The third-order valence-corrected chi connectivity index (χ3v) is 2.90. The highest BCUT2D eigenvalue weighted by Crippen LogP contribution is 2.17. The third-order valence-electron chi connectivity index (χ3n) is 2.90. The van der Waals surface area contributed by atoms with E-state index in [0.29, 0.717) is 17.8 Å². The van der Waals surface area contributed by atoms with Crippen molar-refractivity contribution in [2.75, 3.05) is 11.9 Å². The smallest absolute Gasteiger partial charge is 0.251 e. The Balaban J connectivity index is 2.60. The van der Waals surface area contributed by atoms with Crippen molar-refractivity contribution in [2.45, 2.75) is 40.5 Å². The van der Waals surface area contributed by atoms with Crippen molar-refractivity contribution in [2.24, 2.45) is 5.41 Å². The van der Waals surface area contributed by atoms with Gasteiger partial charge in [-0.2, -0.15) is 0 Å². The molecule has 0 atom stereocenters. The van der Waals surface area contributed by atoms with Crippen LogP contribution < -0.4 is 10.6 Å². The van der Waals surface area contributed by atoms with Crippen LogP contribution in [0.3, 0.4) is 0 Å². The van der Waals surface area contributed by atoms with Crippen molar-refractivity contribution in [3.05, 3.63) is 29.8 Å². The summed E-state index contributed by atoms with van der Waals surface area (Å²) in [5.41, 5.74) is 0.876.